The molecular weight excluding hydrogens is 476 g/mol. The van der Waals surface area contributed by atoms with Gasteiger partial charge in [-0.05, 0) is 24.3 Å². The summed E-state index contributed by atoms with van der Waals surface area (Å²) < 4.78 is 4.84. The number of carboxylic acid groups (broad SMARTS) is 3. The zero-order valence-electron chi connectivity index (χ0n) is 18.9. The monoisotopic (exact) mass is 500 g/mol. The molecule has 2 saturated heterocycles. The average Bonchev–Trinajstić information content (AvgIpc) is 2.84. The first-order chi connectivity index (χ1) is 17.2. The Bertz CT molecular complexity index is 1080. The fraction of sp³-hybridized carbons (Fsp3) is 0.391. The molecule has 190 valence electrons. The van der Waals surface area contributed by atoms with E-state index in [1.165, 1.54) is 34.3 Å². The Labute approximate surface area is 204 Å². The first-order valence-corrected chi connectivity index (χ1v) is 10.9. The van der Waals surface area contributed by atoms with E-state index in [4.69, 9.17) is 4.74 Å². The zero-order valence-corrected chi connectivity index (χ0v) is 18.9. The van der Waals surface area contributed by atoms with Crippen molar-refractivity contribution in [3.8, 4) is 0 Å². The molecule has 36 heavy (non-hydrogen) atoms. The van der Waals surface area contributed by atoms with Crippen LogP contribution in [0.25, 0.3) is 0 Å². The number of fused-ring (bicyclic) bond motifs is 2. The highest BCUT2D eigenvalue weighted by Gasteiger charge is 2.75. The van der Waals surface area contributed by atoms with Crippen LogP contribution in [-0.4, -0.2) is 97.0 Å². The molecule has 3 unspecified atom stereocenters. The van der Waals surface area contributed by atoms with Crippen LogP contribution < -0.4 is 0 Å². The van der Waals surface area contributed by atoms with Crippen LogP contribution in [0.1, 0.15) is 23.5 Å². The summed E-state index contributed by atoms with van der Waals surface area (Å²) in [7, 11) is 0. The average molecular weight is 500 g/mol. The van der Waals surface area contributed by atoms with Crippen molar-refractivity contribution in [3.63, 3.8) is 0 Å². The van der Waals surface area contributed by atoms with Crippen LogP contribution in [0.4, 0.5) is 0 Å². The zero-order chi connectivity index (χ0) is 26.1. The lowest BCUT2D eigenvalue weighted by molar-refractivity contribution is -0.255. The van der Waals surface area contributed by atoms with Gasteiger partial charge in [0.05, 0.1) is 36.1 Å². The van der Waals surface area contributed by atoms with E-state index in [0.717, 1.165) is 0 Å². The normalized spacial score (nSPS) is 30.3. The van der Waals surface area contributed by atoms with Gasteiger partial charge in [0.15, 0.2) is 0 Å². The van der Waals surface area contributed by atoms with Gasteiger partial charge in [0.2, 0.25) is 0 Å². The van der Waals surface area contributed by atoms with Crippen LogP contribution in [-0.2, 0) is 23.9 Å². The van der Waals surface area contributed by atoms with Gasteiger partial charge >= 0.3 is 17.9 Å². The second-order valence-electron chi connectivity index (χ2n) is 8.85. The van der Waals surface area contributed by atoms with Gasteiger partial charge in [0.1, 0.15) is 17.6 Å². The summed E-state index contributed by atoms with van der Waals surface area (Å²) in [5.41, 5.74) is -4.29. The highest BCUT2D eigenvalue weighted by Crippen LogP contribution is 2.62. The van der Waals surface area contributed by atoms with Gasteiger partial charge in [-0.25, -0.2) is 0 Å². The number of carbonyl (C=O) groups is 4. The van der Waals surface area contributed by atoms with Crippen LogP contribution >= 0.6 is 0 Å². The van der Waals surface area contributed by atoms with Gasteiger partial charge in [-0.2, -0.15) is 0 Å². The fourth-order valence-electron chi connectivity index (χ4n) is 5.75. The number of hydrogen-bond acceptors (Lipinski definition) is 10. The first kappa shape index (κ1) is 25.2. The van der Waals surface area contributed by atoms with Gasteiger partial charge in [0.25, 0.3) is 6.47 Å². The number of aliphatic carboxylic acids is 3. The third kappa shape index (κ3) is 3.77. The molecule has 13 nitrogen and oxygen atoms in total. The first-order valence-electron chi connectivity index (χ1n) is 10.9. The molecule has 0 aliphatic carbocycles. The fourth-order valence-corrected chi connectivity index (χ4v) is 5.75. The van der Waals surface area contributed by atoms with E-state index in [-0.39, 0.29) is 17.9 Å². The molecule has 13 heteroatoms. The summed E-state index contributed by atoms with van der Waals surface area (Å²) in [6.07, 6.45) is 0.777. The maximum Gasteiger partial charge on any atom is 0.317 e. The molecule has 5 atom stereocenters. The van der Waals surface area contributed by atoms with Gasteiger partial charge in [0, 0.05) is 25.5 Å². The minimum atomic E-state index is -2.27. The molecule has 2 aromatic heterocycles. The summed E-state index contributed by atoms with van der Waals surface area (Å²) in [6.45, 7) is -1.95. The van der Waals surface area contributed by atoms with Crippen molar-refractivity contribution < 1.29 is 44.3 Å². The summed E-state index contributed by atoms with van der Waals surface area (Å²) in [6, 6.07) is 6.52. The van der Waals surface area contributed by atoms with Crippen LogP contribution in [0.3, 0.4) is 0 Å². The topological polar surface area (TPSA) is 191 Å². The third-order valence-corrected chi connectivity index (χ3v) is 6.96. The number of carboxylic acids is 3. The molecule has 0 spiro atoms. The van der Waals surface area contributed by atoms with Crippen LogP contribution in [0.15, 0.2) is 48.8 Å². The van der Waals surface area contributed by atoms with Crippen molar-refractivity contribution in [1.82, 2.24) is 19.8 Å². The van der Waals surface area contributed by atoms with Crippen molar-refractivity contribution in [2.45, 2.75) is 18.2 Å². The quantitative estimate of drug-likeness (QED) is 0.326. The molecule has 0 saturated carbocycles. The van der Waals surface area contributed by atoms with E-state index >= 15 is 0 Å². The number of nitrogens with zero attached hydrogens (tertiary/aromatic N) is 4. The second-order valence-corrected chi connectivity index (χ2v) is 8.85. The molecule has 2 fully saturated rings. The van der Waals surface area contributed by atoms with Crippen molar-refractivity contribution >= 4 is 24.4 Å². The van der Waals surface area contributed by atoms with E-state index in [1.807, 2.05) is 0 Å². The predicted molar refractivity (Wildman–Crippen MR) is 118 cm³/mol. The van der Waals surface area contributed by atoms with Gasteiger partial charge in [-0.15, -0.1) is 0 Å². The van der Waals surface area contributed by atoms with Crippen molar-refractivity contribution in [2.24, 2.45) is 10.8 Å². The van der Waals surface area contributed by atoms with E-state index < -0.39 is 73.3 Å². The number of piperidine rings is 2. The molecule has 0 radical (unpaired) electrons. The van der Waals surface area contributed by atoms with E-state index in [9.17, 15) is 39.6 Å². The largest absolute Gasteiger partial charge is 0.481 e. The molecule has 0 amide bonds. The maximum absolute atomic E-state index is 13.0. The van der Waals surface area contributed by atoms with Gasteiger partial charge in [-0.3, -0.25) is 38.9 Å². The minimum Gasteiger partial charge on any atom is -0.481 e. The molecule has 2 aliphatic rings. The molecule has 2 aromatic rings. The molecular formula is C23H24N4O9. The van der Waals surface area contributed by atoms with Crippen molar-refractivity contribution in [1.29, 1.82) is 0 Å². The summed E-state index contributed by atoms with van der Waals surface area (Å²) in [5.74, 6) is -4.45. The minimum absolute atomic E-state index is 0.123. The summed E-state index contributed by atoms with van der Waals surface area (Å²) >= 11 is 0. The number of pyridine rings is 2. The Balaban J connectivity index is 2.08. The Morgan fingerprint density at radius 3 is 1.81 bits per heavy atom. The number of ether oxygens (including phenoxy) is 1. The number of carbonyl (C=O) groups excluding carboxylic acids is 1. The SMILES string of the molecule is O=COCN1CC2(C(=O)O)C(O)C(C(=O)O)(C1)[C@@H](c1ccccn1)N(CC(=O)O)[C@H]2c1ccccn1. The van der Waals surface area contributed by atoms with E-state index in [1.54, 1.807) is 24.3 Å². The van der Waals surface area contributed by atoms with Crippen molar-refractivity contribution in [2.75, 3.05) is 26.4 Å². The van der Waals surface area contributed by atoms with Crippen LogP contribution in [0.2, 0.25) is 0 Å². The predicted octanol–water partition coefficient (Wildman–Crippen LogP) is -0.392. The maximum atomic E-state index is 13.0. The lowest BCUT2D eigenvalue weighted by Crippen LogP contribution is -2.77. The second kappa shape index (κ2) is 9.60. The van der Waals surface area contributed by atoms with Crippen LogP contribution in [0, 0.1) is 10.8 Å². The lowest BCUT2D eigenvalue weighted by Gasteiger charge is -2.64. The van der Waals surface area contributed by atoms with Crippen LogP contribution in [0.5, 0.6) is 0 Å². The number of rotatable bonds is 9. The lowest BCUT2D eigenvalue weighted by atomic mass is 9.53. The highest BCUT2D eigenvalue weighted by atomic mass is 16.5. The third-order valence-electron chi connectivity index (χ3n) is 6.96. The summed E-state index contributed by atoms with van der Waals surface area (Å²) in [4.78, 5) is 60.1. The molecule has 4 N–H and O–H groups in total. The Kier molecular flexibility index (Phi) is 6.71. The number of hydrogen-bond donors (Lipinski definition) is 4. The molecule has 4 rings (SSSR count). The smallest absolute Gasteiger partial charge is 0.317 e. The Morgan fingerprint density at radius 1 is 0.944 bits per heavy atom. The number of likely N-dealkylation sites (tertiary alicyclic amines) is 2. The van der Waals surface area contributed by atoms with Gasteiger partial charge < -0.3 is 25.2 Å². The Morgan fingerprint density at radius 2 is 1.44 bits per heavy atom. The van der Waals surface area contributed by atoms with E-state index in [2.05, 4.69) is 9.97 Å². The number of aromatic nitrogens is 2. The highest BCUT2D eigenvalue weighted by molar-refractivity contribution is 5.85. The van der Waals surface area contributed by atoms with E-state index in [0.29, 0.717) is 0 Å². The molecule has 0 aromatic carbocycles. The number of aliphatic hydroxyl groups excluding tert-OH is 1. The standard InChI is InChI=1S/C23H24N4O9/c28-13-36-12-26-10-22(20(32)33)17(14-5-1-3-7-24-14)27(9-16(29)30)18(15-6-2-4-8-25-15)23(11-26,19(22)31)21(34)35/h1-8,13,17-19,31H,9-12H2,(H,29,30)(H,32,33)(H,34,35)/t17-,18+,19?,22?,23?. The Hall–Kier alpha value is -3.94. The van der Waals surface area contributed by atoms with Gasteiger partial charge in [-0.1, -0.05) is 12.1 Å². The molecule has 2 bridgehead atoms. The molecule has 4 heterocycles. The van der Waals surface area contributed by atoms with Crippen molar-refractivity contribution in [3.05, 3.63) is 60.2 Å². The summed E-state index contributed by atoms with van der Waals surface area (Å²) in [5, 5.41) is 42.8. The number of aliphatic hydroxyl groups is 1. The molecule has 2 aliphatic heterocycles.